The van der Waals surface area contributed by atoms with Crippen molar-refractivity contribution in [1.29, 1.82) is 0 Å². The fourth-order valence-electron chi connectivity index (χ4n) is 1.67. The van der Waals surface area contributed by atoms with Gasteiger partial charge in [-0.05, 0) is 30.7 Å². The summed E-state index contributed by atoms with van der Waals surface area (Å²) in [5.74, 6) is 0. The molecule has 94 valence electrons. The Morgan fingerprint density at radius 2 is 1.78 bits per heavy atom. The largest absolute Gasteiger partial charge is 0.297 e. The summed E-state index contributed by atoms with van der Waals surface area (Å²) < 4.78 is 28.8. The van der Waals surface area contributed by atoms with Crippen LogP contribution in [0.1, 0.15) is 6.92 Å². The van der Waals surface area contributed by atoms with E-state index in [4.69, 9.17) is 4.18 Å². The van der Waals surface area contributed by atoms with Crippen LogP contribution in [0.15, 0.2) is 53.7 Å². The maximum atomic E-state index is 12.0. The van der Waals surface area contributed by atoms with Crippen molar-refractivity contribution >= 4 is 10.1 Å². The van der Waals surface area contributed by atoms with Crippen molar-refractivity contribution in [3.05, 3.63) is 48.8 Å². The average molecular weight is 263 g/mol. The molecule has 1 aromatic heterocycles. The van der Waals surface area contributed by atoms with E-state index in [1.54, 1.807) is 55.7 Å². The number of hydrogen-bond donors (Lipinski definition) is 0. The monoisotopic (exact) mass is 263 g/mol. The van der Waals surface area contributed by atoms with Crippen molar-refractivity contribution in [2.24, 2.45) is 0 Å². The Morgan fingerprint density at radius 1 is 1.11 bits per heavy atom. The molecule has 0 radical (unpaired) electrons. The lowest BCUT2D eigenvalue weighted by Crippen LogP contribution is -2.07. The van der Waals surface area contributed by atoms with Gasteiger partial charge in [-0.15, -0.1) is 0 Å². The number of rotatable bonds is 4. The number of pyridine rings is 1. The summed E-state index contributed by atoms with van der Waals surface area (Å²) in [4.78, 5) is 4.10. The molecule has 0 saturated carbocycles. The van der Waals surface area contributed by atoms with Gasteiger partial charge in [0.1, 0.15) is 4.90 Å². The minimum Gasteiger partial charge on any atom is -0.267 e. The lowest BCUT2D eigenvalue weighted by Gasteiger charge is -2.09. The van der Waals surface area contributed by atoms with E-state index in [2.05, 4.69) is 4.98 Å². The summed E-state index contributed by atoms with van der Waals surface area (Å²) in [6.45, 7) is 1.76. The van der Waals surface area contributed by atoms with Gasteiger partial charge in [-0.1, -0.05) is 18.2 Å². The molecule has 0 aliphatic rings. The van der Waals surface area contributed by atoms with Gasteiger partial charge in [0, 0.05) is 18.0 Å². The molecule has 4 nitrogen and oxygen atoms in total. The molecule has 0 amide bonds. The predicted molar refractivity (Wildman–Crippen MR) is 68.5 cm³/mol. The van der Waals surface area contributed by atoms with Crippen LogP contribution < -0.4 is 0 Å². The van der Waals surface area contributed by atoms with Crippen molar-refractivity contribution in [3.63, 3.8) is 0 Å². The van der Waals surface area contributed by atoms with E-state index in [1.165, 1.54) is 0 Å². The van der Waals surface area contributed by atoms with Gasteiger partial charge < -0.3 is 0 Å². The molecular weight excluding hydrogens is 250 g/mol. The maximum Gasteiger partial charge on any atom is 0.297 e. The third-order valence-corrected chi connectivity index (χ3v) is 3.86. The van der Waals surface area contributed by atoms with Crippen LogP contribution in [-0.2, 0) is 14.3 Å². The average Bonchev–Trinajstić information content (AvgIpc) is 2.40. The molecule has 1 heterocycles. The molecule has 0 unspecified atom stereocenters. The summed E-state index contributed by atoms with van der Waals surface area (Å²) in [6, 6.07) is 10.3. The van der Waals surface area contributed by atoms with Crippen molar-refractivity contribution in [3.8, 4) is 11.1 Å². The molecule has 2 aromatic rings. The van der Waals surface area contributed by atoms with Gasteiger partial charge in [0.05, 0.1) is 6.61 Å². The Hall–Kier alpha value is -1.72. The Bertz CT molecular complexity index is 624. The fourth-order valence-corrected chi connectivity index (χ4v) is 2.81. The quantitative estimate of drug-likeness (QED) is 0.795. The van der Waals surface area contributed by atoms with E-state index in [-0.39, 0.29) is 11.5 Å². The van der Waals surface area contributed by atoms with Crippen LogP contribution in [0, 0.1) is 0 Å². The van der Waals surface area contributed by atoms with E-state index in [1.807, 2.05) is 0 Å². The molecule has 0 N–H and O–H groups in total. The number of benzene rings is 1. The first-order valence-corrected chi connectivity index (χ1v) is 6.95. The van der Waals surface area contributed by atoms with E-state index < -0.39 is 10.1 Å². The molecular formula is C13H13NO3S. The van der Waals surface area contributed by atoms with Gasteiger partial charge in [0.15, 0.2) is 0 Å². The highest BCUT2D eigenvalue weighted by Crippen LogP contribution is 2.27. The zero-order valence-corrected chi connectivity index (χ0v) is 10.7. The molecule has 0 atom stereocenters. The first-order valence-electron chi connectivity index (χ1n) is 5.54. The van der Waals surface area contributed by atoms with Gasteiger partial charge in [0.2, 0.25) is 0 Å². The van der Waals surface area contributed by atoms with Crippen LogP contribution in [0.5, 0.6) is 0 Å². The van der Waals surface area contributed by atoms with E-state index in [0.29, 0.717) is 5.56 Å². The molecule has 0 spiro atoms. The van der Waals surface area contributed by atoms with Crippen molar-refractivity contribution < 1.29 is 12.6 Å². The Morgan fingerprint density at radius 3 is 2.44 bits per heavy atom. The first kappa shape index (κ1) is 12.7. The molecule has 18 heavy (non-hydrogen) atoms. The Labute approximate surface area is 106 Å². The second-order valence-electron chi connectivity index (χ2n) is 3.59. The molecule has 5 heteroatoms. The molecule has 2 rings (SSSR count). The van der Waals surface area contributed by atoms with Gasteiger partial charge in [-0.3, -0.25) is 9.17 Å². The second-order valence-corrected chi connectivity index (χ2v) is 5.18. The molecule has 0 bridgehead atoms. The summed E-state index contributed by atoms with van der Waals surface area (Å²) >= 11 is 0. The van der Waals surface area contributed by atoms with E-state index in [0.717, 1.165) is 5.56 Å². The van der Waals surface area contributed by atoms with Gasteiger partial charge in [-0.25, -0.2) is 0 Å². The van der Waals surface area contributed by atoms with Crippen LogP contribution in [0.3, 0.4) is 0 Å². The highest BCUT2D eigenvalue weighted by atomic mass is 32.2. The van der Waals surface area contributed by atoms with Crippen LogP contribution in [0.25, 0.3) is 11.1 Å². The third-order valence-electron chi connectivity index (χ3n) is 2.42. The Balaban J connectivity index is 2.58. The highest BCUT2D eigenvalue weighted by Gasteiger charge is 2.19. The van der Waals surface area contributed by atoms with Crippen molar-refractivity contribution in [2.75, 3.05) is 6.61 Å². The first-order chi connectivity index (χ1) is 8.65. The topological polar surface area (TPSA) is 56.3 Å². The molecule has 0 aliphatic carbocycles. The van der Waals surface area contributed by atoms with Gasteiger partial charge in [-0.2, -0.15) is 8.42 Å². The third kappa shape index (κ3) is 2.57. The van der Waals surface area contributed by atoms with Gasteiger partial charge in [0.25, 0.3) is 10.1 Å². The zero-order valence-electron chi connectivity index (χ0n) is 9.91. The predicted octanol–water partition coefficient (Wildman–Crippen LogP) is 2.47. The normalized spacial score (nSPS) is 11.4. The smallest absolute Gasteiger partial charge is 0.267 e. The summed E-state index contributed by atoms with van der Waals surface area (Å²) in [5, 5.41) is 0. The molecule has 0 fully saturated rings. The molecule has 1 aromatic carbocycles. The Kier molecular flexibility index (Phi) is 3.74. The maximum absolute atomic E-state index is 12.0. The van der Waals surface area contributed by atoms with E-state index >= 15 is 0 Å². The minimum atomic E-state index is -3.71. The van der Waals surface area contributed by atoms with Crippen molar-refractivity contribution in [2.45, 2.75) is 11.8 Å². The number of nitrogens with zero attached hydrogens (tertiary/aromatic N) is 1. The lowest BCUT2D eigenvalue weighted by molar-refractivity contribution is 0.338. The second kappa shape index (κ2) is 5.29. The standard InChI is InChI=1S/C13H13NO3S/c1-2-17-18(15,16)13-6-4-3-5-12(13)11-7-9-14-10-8-11/h3-10H,2H2,1H3. The van der Waals surface area contributed by atoms with Gasteiger partial charge >= 0.3 is 0 Å². The number of aromatic nitrogens is 1. The minimum absolute atomic E-state index is 0.118. The number of hydrogen-bond acceptors (Lipinski definition) is 4. The van der Waals surface area contributed by atoms with Crippen molar-refractivity contribution in [1.82, 2.24) is 4.98 Å². The summed E-state index contributed by atoms with van der Waals surface area (Å²) in [6.07, 6.45) is 3.25. The van der Waals surface area contributed by atoms with E-state index in [9.17, 15) is 8.42 Å². The fraction of sp³-hybridized carbons (Fsp3) is 0.154. The summed E-state index contributed by atoms with van der Waals surface area (Å²) in [5.41, 5.74) is 1.41. The molecule has 0 aliphatic heterocycles. The van der Waals surface area contributed by atoms with Crippen LogP contribution in [0.2, 0.25) is 0 Å². The summed E-state index contributed by atoms with van der Waals surface area (Å²) in [7, 11) is -3.71. The van der Waals surface area contributed by atoms with Crippen LogP contribution in [0.4, 0.5) is 0 Å². The SMILES string of the molecule is CCOS(=O)(=O)c1ccccc1-c1ccncc1. The van der Waals surface area contributed by atoms with Crippen LogP contribution in [-0.4, -0.2) is 20.0 Å². The highest BCUT2D eigenvalue weighted by molar-refractivity contribution is 7.87. The zero-order chi connectivity index (χ0) is 13.0. The molecule has 0 saturated heterocycles. The lowest BCUT2D eigenvalue weighted by atomic mass is 10.1. The van der Waals surface area contributed by atoms with Crippen LogP contribution >= 0.6 is 0 Å².